The summed E-state index contributed by atoms with van der Waals surface area (Å²) in [6.45, 7) is 1.22. The first-order chi connectivity index (χ1) is 8.61. The van der Waals surface area contributed by atoms with E-state index in [2.05, 4.69) is 5.32 Å². The van der Waals surface area contributed by atoms with Gasteiger partial charge in [0.25, 0.3) is 0 Å². The highest BCUT2D eigenvalue weighted by molar-refractivity contribution is 5.85. The molecule has 0 bridgehead atoms. The van der Waals surface area contributed by atoms with Gasteiger partial charge in [0.1, 0.15) is 11.6 Å². The molecule has 1 aliphatic heterocycles. The predicted molar refractivity (Wildman–Crippen MR) is 69.3 cm³/mol. The first-order valence-corrected chi connectivity index (χ1v) is 5.86. The minimum Gasteiger partial charge on any atom is -0.469 e. The number of nitrogens with one attached hydrogen (secondary N) is 1. The molecular formula is C13H16ClF2NO2. The second-order valence-electron chi connectivity index (χ2n) is 4.43. The molecule has 1 saturated heterocycles. The van der Waals surface area contributed by atoms with Crippen molar-refractivity contribution in [3.63, 3.8) is 0 Å². The van der Waals surface area contributed by atoms with Crippen LogP contribution < -0.4 is 5.32 Å². The van der Waals surface area contributed by atoms with Crippen LogP contribution in [0, 0.1) is 17.6 Å². The van der Waals surface area contributed by atoms with Crippen LogP contribution in [0.1, 0.15) is 17.9 Å². The maximum atomic E-state index is 13.2. The molecule has 1 heterocycles. The third-order valence-corrected chi connectivity index (χ3v) is 3.30. The van der Waals surface area contributed by atoms with Gasteiger partial charge in [-0.3, -0.25) is 4.79 Å². The summed E-state index contributed by atoms with van der Waals surface area (Å²) < 4.78 is 31.2. The average Bonchev–Trinajstić information content (AvgIpc) is 2.36. The monoisotopic (exact) mass is 291 g/mol. The maximum Gasteiger partial charge on any atom is 0.309 e. The molecular weight excluding hydrogens is 276 g/mol. The number of benzene rings is 1. The number of hydrogen-bond donors (Lipinski definition) is 1. The number of rotatable bonds is 2. The van der Waals surface area contributed by atoms with Crippen molar-refractivity contribution in [1.82, 2.24) is 5.32 Å². The van der Waals surface area contributed by atoms with E-state index in [1.807, 2.05) is 0 Å². The van der Waals surface area contributed by atoms with Crippen molar-refractivity contribution in [2.45, 2.75) is 12.3 Å². The lowest BCUT2D eigenvalue weighted by Crippen LogP contribution is -2.39. The molecule has 2 rings (SSSR count). The lowest BCUT2D eigenvalue weighted by Gasteiger charge is -2.30. The molecule has 6 heteroatoms. The topological polar surface area (TPSA) is 38.3 Å². The van der Waals surface area contributed by atoms with E-state index in [1.54, 1.807) is 0 Å². The minimum atomic E-state index is -0.626. The van der Waals surface area contributed by atoms with Crippen molar-refractivity contribution < 1.29 is 18.3 Å². The van der Waals surface area contributed by atoms with E-state index in [0.29, 0.717) is 25.1 Å². The number of hydrogen-bond acceptors (Lipinski definition) is 3. The summed E-state index contributed by atoms with van der Waals surface area (Å²) >= 11 is 0. The van der Waals surface area contributed by atoms with Crippen LogP contribution in [0.3, 0.4) is 0 Å². The third-order valence-electron chi connectivity index (χ3n) is 3.30. The molecule has 2 atom stereocenters. The molecule has 3 nitrogen and oxygen atoms in total. The molecule has 0 spiro atoms. The van der Waals surface area contributed by atoms with Gasteiger partial charge in [-0.25, -0.2) is 8.78 Å². The molecule has 0 saturated carbocycles. The number of piperidine rings is 1. The lowest BCUT2D eigenvalue weighted by molar-refractivity contribution is -0.147. The Morgan fingerprint density at radius 1 is 1.32 bits per heavy atom. The number of carbonyl (C=O) groups excluding carboxylic acids is 1. The summed E-state index contributed by atoms with van der Waals surface area (Å²) in [6.07, 6.45) is 0.607. The minimum absolute atomic E-state index is 0. The van der Waals surface area contributed by atoms with Crippen molar-refractivity contribution in [3.05, 3.63) is 35.4 Å². The Bertz CT molecular complexity index is 436. The first-order valence-electron chi connectivity index (χ1n) is 5.86. The molecule has 1 aliphatic rings. The van der Waals surface area contributed by atoms with Gasteiger partial charge in [0.05, 0.1) is 13.0 Å². The Morgan fingerprint density at radius 3 is 2.53 bits per heavy atom. The van der Waals surface area contributed by atoms with Crippen LogP contribution in [0.4, 0.5) is 8.78 Å². The van der Waals surface area contributed by atoms with Crippen LogP contribution in [-0.4, -0.2) is 26.2 Å². The second-order valence-corrected chi connectivity index (χ2v) is 4.43. The van der Waals surface area contributed by atoms with E-state index in [0.717, 1.165) is 6.07 Å². The molecule has 0 aromatic heterocycles. The standard InChI is InChI=1S/C13H15F2NO2.ClH/c1-18-13(17)11-2-3-16-7-12(11)8-4-9(14)6-10(15)5-8;/h4-6,11-12,16H,2-3,7H2,1H3;1H. The smallest absolute Gasteiger partial charge is 0.309 e. The molecule has 19 heavy (non-hydrogen) atoms. The van der Waals surface area contributed by atoms with Gasteiger partial charge >= 0.3 is 5.97 Å². The molecule has 0 radical (unpaired) electrons. The fourth-order valence-corrected chi connectivity index (χ4v) is 2.43. The summed E-state index contributed by atoms with van der Waals surface area (Å²) in [5.74, 6) is -2.18. The van der Waals surface area contributed by atoms with Gasteiger partial charge in [0, 0.05) is 18.5 Å². The number of halogens is 3. The van der Waals surface area contributed by atoms with Gasteiger partial charge in [-0.2, -0.15) is 0 Å². The van der Waals surface area contributed by atoms with E-state index < -0.39 is 11.6 Å². The molecule has 1 aromatic rings. The fraction of sp³-hybridized carbons (Fsp3) is 0.462. The van der Waals surface area contributed by atoms with Crippen LogP contribution in [0.25, 0.3) is 0 Å². The number of carbonyl (C=O) groups is 1. The summed E-state index contributed by atoms with van der Waals surface area (Å²) in [5.41, 5.74) is 0.495. The highest BCUT2D eigenvalue weighted by Gasteiger charge is 2.33. The molecule has 0 amide bonds. The van der Waals surface area contributed by atoms with Gasteiger partial charge in [-0.15, -0.1) is 12.4 Å². The lowest BCUT2D eigenvalue weighted by atomic mass is 9.81. The second kappa shape index (κ2) is 6.82. The third kappa shape index (κ3) is 3.64. The summed E-state index contributed by atoms with van der Waals surface area (Å²) in [4.78, 5) is 11.7. The van der Waals surface area contributed by atoms with Gasteiger partial charge < -0.3 is 10.1 Å². The van der Waals surface area contributed by atoms with Gasteiger partial charge in [-0.1, -0.05) is 0 Å². The molecule has 2 unspecified atom stereocenters. The highest BCUT2D eigenvalue weighted by Crippen LogP contribution is 2.31. The van der Waals surface area contributed by atoms with E-state index in [1.165, 1.54) is 19.2 Å². The average molecular weight is 292 g/mol. The molecule has 1 fully saturated rings. The summed E-state index contributed by atoms with van der Waals surface area (Å²) in [7, 11) is 1.33. The van der Waals surface area contributed by atoms with E-state index in [9.17, 15) is 13.6 Å². The van der Waals surface area contributed by atoms with Gasteiger partial charge in [-0.05, 0) is 30.7 Å². The van der Waals surface area contributed by atoms with Crippen LogP contribution in [0.15, 0.2) is 18.2 Å². The van der Waals surface area contributed by atoms with Gasteiger partial charge in [0.2, 0.25) is 0 Å². The van der Waals surface area contributed by atoms with Crippen LogP contribution >= 0.6 is 12.4 Å². The Balaban J connectivity index is 0.00000180. The van der Waals surface area contributed by atoms with Crippen molar-refractivity contribution in [2.24, 2.45) is 5.92 Å². The largest absolute Gasteiger partial charge is 0.469 e. The van der Waals surface area contributed by atoms with E-state index >= 15 is 0 Å². The molecule has 0 aliphatic carbocycles. The molecule has 106 valence electrons. The fourth-order valence-electron chi connectivity index (χ4n) is 2.43. The van der Waals surface area contributed by atoms with E-state index in [4.69, 9.17) is 4.74 Å². The number of ether oxygens (including phenoxy) is 1. The summed E-state index contributed by atoms with van der Waals surface area (Å²) in [6, 6.07) is 3.38. The Hall–Kier alpha value is -1.20. The van der Waals surface area contributed by atoms with Crippen molar-refractivity contribution in [3.8, 4) is 0 Å². The normalized spacial score (nSPS) is 22.5. The van der Waals surface area contributed by atoms with Crippen LogP contribution in [0.5, 0.6) is 0 Å². The molecule has 1 aromatic carbocycles. The van der Waals surface area contributed by atoms with Gasteiger partial charge in [0.15, 0.2) is 0 Å². The van der Waals surface area contributed by atoms with Crippen molar-refractivity contribution >= 4 is 18.4 Å². The Morgan fingerprint density at radius 2 is 1.95 bits per heavy atom. The van der Waals surface area contributed by atoms with Crippen molar-refractivity contribution in [2.75, 3.05) is 20.2 Å². The zero-order chi connectivity index (χ0) is 13.1. The Labute approximate surface area is 116 Å². The first kappa shape index (κ1) is 15.9. The number of methoxy groups -OCH3 is 1. The maximum absolute atomic E-state index is 13.2. The van der Waals surface area contributed by atoms with Crippen LogP contribution in [-0.2, 0) is 9.53 Å². The zero-order valence-electron chi connectivity index (χ0n) is 10.5. The van der Waals surface area contributed by atoms with E-state index in [-0.39, 0.29) is 30.2 Å². The van der Waals surface area contributed by atoms with Crippen LogP contribution in [0.2, 0.25) is 0 Å². The molecule has 1 N–H and O–H groups in total. The predicted octanol–water partition coefficient (Wildman–Crippen LogP) is 2.25. The zero-order valence-corrected chi connectivity index (χ0v) is 11.3. The Kier molecular flexibility index (Phi) is 5.69. The summed E-state index contributed by atoms with van der Waals surface area (Å²) in [5, 5.41) is 3.13. The van der Waals surface area contributed by atoms with Crippen molar-refractivity contribution in [1.29, 1.82) is 0 Å². The number of esters is 1. The highest BCUT2D eigenvalue weighted by atomic mass is 35.5. The SMILES string of the molecule is COC(=O)C1CCNCC1c1cc(F)cc(F)c1.Cl. The quantitative estimate of drug-likeness (QED) is 0.850.